The summed E-state index contributed by atoms with van der Waals surface area (Å²) in [6, 6.07) is 6.16. The van der Waals surface area contributed by atoms with Crippen molar-refractivity contribution >= 4 is 5.95 Å². The molecule has 4 nitrogen and oxygen atoms in total. The van der Waals surface area contributed by atoms with E-state index in [9.17, 15) is 0 Å². The van der Waals surface area contributed by atoms with Gasteiger partial charge in [0.15, 0.2) is 5.95 Å². The molecule has 1 aromatic heterocycles. The van der Waals surface area contributed by atoms with Crippen molar-refractivity contribution in [1.29, 1.82) is 0 Å². The summed E-state index contributed by atoms with van der Waals surface area (Å²) in [5.74, 6) is 1.70. The highest BCUT2D eigenvalue weighted by Gasteiger charge is 2.10. The number of hydrogen-bond acceptors (Lipinski definition) is 3. The average Bonchev–Trinajstić information content (AvgIpc) is 2.74. The molecular formula is C13H17N3O. The molecule has 2 rings (SSSR count). The van der Waals surface area contributed by atoms with Crippen molar-refractivity contribution in [2.45, 2.75) is 19.8 Å². The smallest absolute Gasteiger partial charge is 0.197 e. The predicted octanol–water partition coefficient (Wildman–Crippen LogP) is 2.79. The first-order valence-corrected chi connectivity index (χ1v) is 5.60. The SMILES string of the molecule is COc1ccc(C(C)C)cc1-c1cnc(N)[nH]1. The minimum atomic E-state index is 0.414. The highest BCUT2D eigenvalue weighted by Crippen LogP contribution is 2.32. The highest BCUT2D eigenvalue weighted by molar-refractivity contribution is 5.68. The van der Waals surface area contributed by atoms with Gasteiger partial charge in [0, 0.05) is 5.56 Å². The largest absolute Gasteiger partial charge is 0.496 e. The lowest BCUT2D eigenvalue weighted by molar-refractivity contribution is 0.416. The maximum Gasteiger partial charge on any atom is 0.197 e. The van der Waals surface area contributed by atoms with E-state index < -0.39 is 0 Å². The molecule has 4 heteroatoms. The van der Waals surface area contributed by atoms with Crippen LogP contribution in [-0.2, 0) is 0 Å². The number of aromatic amines is 1. The first-order chi connectivity index (χ1) is 8.11. The second-order valence-electron chi connectivity index (χ2n) is 4.30. The number of ether oxygens (including phenoxy) is 1. The van der Waals surface area contributed by atoms with Gasteiger partial charge in [0.2, 0.25) is 0 Å². The van der Waals surface area contributed by atoms with E-state index >= 15 is 0 Å². The van der Waals surface area contributed by atoms with Gasteiger partial charge in [0.05, 0.1) is 19.0 Å². The number of imidazole rings is 1. The molecule has 0 aliphatic heterocycles. The minimum Gasteiger partial charge on any atom is -0.496 e. The molecule has 1 heterocycles. The average molecular weight is 231 g/mol. The molecule has 90 valence electrons. The molecule has 3 N–H and O–H groups in total. The third kappa shape index (κ3) is 2.25. The van der Waals surface area contributed by atoms with Crippen LogP contribution in [0.2, 0.25) is 0 Å². The molecule has 2 aromatic rings. The Labute approximate surface area is 101 Å². The summed E-state index contributed by atoms with van der Waals surface area (Å²) in [5.41, 5.74) is 8.72. The van der Waals surface area contributed by atoms with Crippen LogP contribution in [0.1, 0.15) is 25.3 Å². The monoisotopic (exact) mass is 231 g/mol. The first-order valence-electron chi connectivity index (χ1n) is 5.60. The van der Waals surface area contributed by atoms with Gasteiger partial charge in [-0.2, -0.15) is 0 Å². The summed E-state index contributed by atoms with van der Waals surface area (Å²) in [6.07, 6.45) is 1.72. The van der Waals surface area contributed by atoms with E-state index in [-0.39, 0.29) is 0 Å². The van der Waals surface area contributed by atoms with Crippen LogP contribution in [0.25, 0.3) is 11.3 Å². The Kier molecular flexibility index (Phi) is 3.04. The van der Waals surface area contributed by atoms with E-state index in [2.05, 4.69) is 35.9 Å². The quantitative estimate of drug-likeness (QED) is 0.853. The molecule has 0 bridgehead atoms. The van der Waals surface area contributed by atoms with E-state index in [1.54, 1.807) is 13.3 Å². The van der Waals surface area contributed by atoms with E-state index in [4.69, 9.17) is 10.5 Å². The first kappa shape index (κ1) is 11.5. The molecule has 0 saturated carbocycles. The number of nitrogens with two attached hydrogens (primary N) is 1. The van der Waals surface area contributed by atoms with Crippen molar-refractivity contribution in [1.82, 2.24) is 9.97 Å². The maximum atomic E-state index is 5.60. The fourth-order valence-electron chi connectivity index (χ4n) is 1.77. The third-order valence-corrected chi connectivity index (χ3v) is 2.78. The van der Waals surface area contributed by atoms with Gasteiger partial charge < -0.3 is 15.5 Å². The number of nitrogens with zero attached hydrogens (tertiary/aromatic N) is 1. The molecule has 0 aliphatic rings. The summed E-state index contributed by atoms with van der Waals surface area (Å²) in [7, 11) is 1.66. The number of nitrogen functional groups attached to an aromatic ring is 1. The van der Waals surface area contributed by atoms with Crippen LogP contribution in [0.4, 0.5) is 5.95 Å². The number of rotatable bonds is 3. The molecule has 0 atom stereocenters. The Morgan fingerprint density at radius 3 is 2.65 bits per heavy atom. The van der Waals surface area contributed by atoms with Gasteiger partial charge >= 0.3 is 0 Å². The van der Waals surface area contributed by atoms with Gasteiger partial charge in [-0.25, -0.2) is 4.98 Å². The molecule has 0 unspecified atom stereocenters. The fraction of sp³-hybridized carbons (Fsp3) is 0.308. The second-order valence-corrected chi connectivity index (χ2v) is 4.30. The lowest BCUT2D eigenvalue weighted by atomic mass is 9.99. The second kappa shape index (κ2) is 4.49. The Morgan fingerprint density at radius 1 is 1.35 bits per heavy atom. The van der Waals surface area contributed by atoms with Gasteiger partial charge in [-0.1, -0.05) is 19.9 Å². The van der Waals surface area contributed by atoms with E-state index in [1.807, 2.05) is 6.07 Å². The molecule has 0 radical (unpaired) electrons. The number of H-pyrrole nitrogens is 1. The zero-order valence-electron chi connectivity index (χ0n) is 10.3. The maximum absolute atomic E-state index is 5.60. The van der Waals surface area contributed by atoms with Crippen molar-refractivity contribution in [3.8, 4) is 17.0 Å². The lowest BCUT2D eigenvalue weighted by Crippen LogP contribution is -1.93. The van der Waals surface area contributed by atoms with Crippen LogP contribution in [0, 0.1) is 0 Å². The summed E-state index contributed by atoms with van der Waals surface area (Å²) in [4.78, 5) is 7.03. The topological polar surface area (TPSA) is 63.9 Å². The fourth-order valence-corrected chi connectivity index (χ4v) is 1.77. The Bertz CT molecular complexity index is 517. The van der Waals surface area contributed by atoms with Crippen LogP contribution in [0.3, 0.4) is 0 Å². The predicted molar refractivity (Wildman–Crippen MR) is 69.1 cm³/mol. The van der Waals surface area contributed by atoms with Crippen molar-refractivity contribution in [2.24, 2.45) is 0 Å². The van der Waals surface area contributed by atoms with E-state index in [0.717, 1.165) is 17.0 Å². The van der Waals surface area contributed by atoms with Crippen LogP contribution in [0.5, 0.6) is 5.75 Å². The van der Waals surface area contributed by atoms with Gasteiger partial charge in [-0.05, 0) is 23.6 Å². The normalized spacial score (nSPS) is 10.8. The van der Waals surface area contributed by atoms with E-state index in [0.29, 0.717) is 11.9 Å². The standard InChI is InChI=1S/C13H17N3O/c1-8(2)9-4-5-12(17-3)10(6-9)11-7-15-13(14)16-11/h4-8H,1-3H3,(H3,14,15,16). The third-order valence-electron chi connectivity index (χ3n) is 2.78. The highest BCUT2D eigenvalue weighted by atomic mass is 16.5. The van der Waals surface area contributed by atoms with Crippen molar-refractivity contribution in [2.75, 3.05) is 12.8 Å². The van der Waals surface area contributed by atoms with Crippen molar-refractivity contribution in [3.05, 3.63) is 30.0 Å². The van der Waals surface area contributed by atoms with Crippen molar-refractivity contribution in [3.63, 3.8) is 0 Å². The molecular weight excluding hydrogens is 214 g/mol. The van der Waals surface area contributed by atoms with E-state index in [1.165, 1.54) is 5.56 Å². The molecule has 17 heavy (non-hydrogen) atoms. The van der Waals surface area contributed by atoms with Crippen LogP contribution >= 0.6 is 0 Å². The van der Waals surface area contributed by atoms with Crippen LogP contribution < -0.4 is 10.5 Å². The summed E-state index contributed by atoms with van der Waals surface area (Å²) in [6.45, 7) is 4.32. The summed E-state index contributed by atoms with van der Waals surface area (Å²) in [5, 5.41) is 0. The molecule has 0 amide bonds. The number of anilines is 1. The van der Waals surface area contributed by atoms with Crippen molar-refractivity contribution < 1.29 is 4.74 Å². The van der Waals surface area contributed by atoms with Crippen LogP contribution in [-0.4, -0.2) is 17.1 Å². The number of nitrogens with one attached hydrogen (secondary N) is 1. The zero-order chi connectivity index (χ0) is 12.4. The van der Waals surface area contributed by atoms with Gasteiger partial charge in [-0.3, -0.25) is 0 Å². The Balaban J connectivity index is 2.53. The van der Waals surface area contributed by atoms with Crippen LogP contribution in [0.15, 0.2) is 24.4 Å². The molecule has 0 spiro atoms. The molecule has 0 aliphatic carbocycles. The summed E-state index contributed by atoms with van der Waals surface area (Å²) < 4.78 is 5.36. The number of aromatic nitrogens is 2. The summed E-state index contributed by atoms with van der Waals surface area (Å²) >= 11 is 0. The van der Waals surface area contributed by atoms with Gasteiger partial charge in [0.25, 0.3) is 0 Å². The Morgan fingerprint density at radius 2 is 2.12 bits per heavy atom. The Hall–Kier alpha value is -1.97. The molecule has 1 aromatic carbocycles. The van der Waals surface area contributed by atoms with Gasteiger partial charge in [0.1, 0.15) is 5.75 Å². The number of methoxy groups -OCH3 is 1. The molecule has 0 saturated heterocycles. The number of benzene rings is 1. The molecule has 0 fully saturated rings. The number of hydrogen-bond donors (Lipinski definition) is 2. The minimum absolute atomic E-state index is 0.414. The zero-order valence-corrected chi connectivity index (χ0v) is 10.3. The van der Waals surface area contributed by atoms with Gasteiger partial charge in [-0.15, -0.1) is 0 Å². The lowest BCUT2D eigenvalue weighted by Gasteiger charge is -2.11.